The van der Waals surface area contributed by atoms with E-state index in [0.29, 0.717) is 28.2 Å². The molecule has 0 saturated heterocycles. The number of hydrogen-bond acceptors (Lipinski definition) is 8. The van der Waals surface area contributed by atoms with Gasteiger partial charge in [0.15, 0.2) is 5.65 Å². The number of rotatable bonds is 7. The fourth-order valence-electron chi connectivity index (χ4n) is 5.61. The van der Waals surface area contributed by atoms with Gasteiger partial charge in [-0.2, -0.15) is 15.5 Å². The maximum Gasteiger partial charge on any atom is 0.223 e. The van der Waals surface area contributed by atoms with Gasteiger partial charge in [-0.3, -0.25) is 14.4 Å². The zero-order valence-electron chi connectivity index (χ0n) is 27.8. The fourth-order valence-corrected chi connectivity index (χ4v) is 6.29. The summed E-state index contributed by atoms with van der Waals surface area (Å²) >= 11 is 1.42. The van der Waals surface area contributed by atoms with Crippen molar-refractivity contribution < 1.29 is 14.4 Å². The van der Waals surface area contributed by atoms with E-state index in [9.17, 15) is 14.4 Å². The van der Waals surface area contributed by atoms with Crippen LogP contribution in [0.15, 0.2) is 109 Å². The number of benzene rings is 2. The van der Waals surface area contributed by atoms with Gasteiger partial charge in [0, 0.05) is 56.1 Å². The summed E-state index contributed by atoms with van der Waals surface area (Å²) in [4.78, 5) is 44.4. The molecule has 0 N–H and O–H groups in total. The average molecular weight is 681 g/mol. The van der Waals surface area contributed by atoms with Gasteiger partial charge in [-0.05, 0) is 60.8 Å². The summed E-state index contributed by atoms with van der Waals surface area (Å²) < 4.78 is 3.41. The van der Waals surface area contributed by atoms with Crippen molar-refractivity contribution in [2.75, 3.05) is 23.4 Å². The Morgan fingerprint density at radius 3 is 2.16 bits per heavy atom. The summed E-state index contributed by atoms with van der Waals surface area (Å²) in [5.41, 5.74) is 7.43. The molecule has 0 aliphatic carbocycles. The van der Waals surface area contributed by atoms with Crippen LogP contribution < -0.4 is 9.80 Å². The number of nitriles is 1. The molecule has 0 spiro atoms. The number of amides is 2. The van der Waals surface area contributed by atoms with E-state index in [1.807, 2.05) is 97.2 Å². The zero-order valence-corrected chi connectivity index (χ0v) is 28.6. The number of pyridine rings is 1. The maximum atomic E-state index is 12.8. The highest BCUT2D eigenvalue weighted by molar-refractivity contribution is 7.12. The molecule has 248 valence electrons. The van der Waals surface area contributed by atoms with Crippen molar-refractivity contribution in [1.29, 1.82) is 5.26 Å². The van der Waals surface area contributed by atoms with E-state index in [2.05, 4.69) is 21.3 Å². The van der Waals surface area contributed by atoms with E-state index < -0.39 is 0 Å². The number of anilines is 2. The number of carbonyl (C=O) groups excluding carboxylic acids is 3. The van der Waals surface area contributed by atoms with Gasteiger partial charge in [0.05, 0.1) is 39.7 Å². The van der Waals surface area contributed by atoms with Crippen molar-refractivity contribution in [2.24, 2.45) is 0 Å². The molecule has 11 nitrogen and oxygen atoms in total. The Labute approximate surface area is 292 Å². The molecule has 0 atom stereocenters. The van der Waals surface area contributed by atoms with Crippen LogP contribution in [0.25, 0.3) is 33.7 Å². The fraction of sp³-hybridized carbons (Fsp3) is 0.132. The molecular formula is C38H32N8O3S. The van der Waals surface area contributed by atoms with Crippen LogP contribution in [0.5, 0.6) is 0 Å². The van der Waals surface area contributed by atoms with Crippen LogP contribution in [0, 0.1) is 11.3 Å². The minimum absolute atomic E-state index is 0.00428. The van der Waals surface area contributed by atoms with Gasteiger partial charge in [-0.25, -0.2) is 14.0 Å². The second kappa shape index (κ2) is 14.3. The standard InChI is InChI=1S/C21H17N3O2S.C17H15N5O/c1-14(25)23(2)16-7-3-6-15(12-16)18-8-4-9-19-17(13-22-24(18)19)21(26)20-10-5-11-27-20;1-3-21(12(2)23)15-6-4-5-13(9-15)16-7-8-19-17-14(10-18)11-20-22(16)17/h3-13H,1-2H3;4-9,11H,3H2,1-2H3. The summed E-state index contributed by atoms with van der Waals surface area (Å²) in [5, 5.41) is 19.7. The molecule has 50 heavy (non-hydrogen) atoms. The molecule has 0 unspecified atom stereocenters. The lowest BCUT2D eigenvalue weighted by molar-refractivity contribution is -0.117. The third-order valence-electron chi connectivity index (χ3n) is 8.21. The second-order valence-electron chi connectivity index (χ2n) is 11.3. The maximum absolute atomic E-state index is 12.8. The molecule has 7 aromatic rings. The summed E-state index contributed by atoms with van der Waals surface area (Å²) in [6.45, 7) is 5.62. The van der Waals surface area contributed by atoms with Crippen molar-refractivity contribution in [2.45, 2.75) is 20.8 Å². The van der Waals surface area contributed by atoms with E-state index in [1.165, 1.54) is 24.5 Å². The Kier molecular flexibility index (Phi) is 9.60. The smallest absolute Gasteiger partial charge is 0.223 e. The average Bonchev–Trinajstić information content (AvgIpc) is 3.92. The van der Waals surface area contributed by atoms with Gasteiger partial charge in [0.25, 0.3) is 0 Å². The highest BCUT2D eigenvalue weighted by Crippen LogP contribution is 2.28. The first kappa shape index (κ1) is 33.5. The first-order chi connectivity index (χ1) is 24.2. The van der Waals surface area contributed by atoms with Crippen molar-refractivity contribution in [1.82, 2.24) is 24.2 Å². The number of fused-ring (bicyclic) bond motifs is 2. The molecule has 0 saturated carbocycles. The molecule has 5 heterocycles. The minimum atomic E-state index is -0.0340. The molecule has 0 aliphatic rings. The summed E-state index contributed by atoms with van der Waals surface area (Å²) in [6, 6.07) is 28.8. The third-order valence-corrected chi connectivity index (χ3v) is 9.07. The first-order valence-electron chi connectivity index (χ1n) is 15.7. The predicted molar refractivity (Wildman–Crippen MR) is 194 cm³/mol. The van der Waals surface area contributed by atoms with Crippen LogP contribution in [0.4, 0.5) is 11.4 Å². The van der Waals surface area contributed by atoms with Gasteiger partial charge < -0.3 is 9.80 Å². The van der Waals surface area contributed by atoms with E-state index in [1.54, 1.807) is 45.2 Å². The van der Waals surface area contributed by atoms with E-state index in [0.717, 1.165) is 39.4 Å². The lowest BCUT2D eigenvalue weighted by Crippen LogP contribution is -2.27. The molecule has 0 radical (unpaired) electrons. The molecule has 2 aromatic carbocycles. The Hall–Kier alpha value is -6.45. The SMILES string of the molecule is CC(=O)N(C)c1cccc(-c2cccc3c(C(=O)c4cccs4)cnn23)c1.CCN(C(C)=O)c1cccc(-c2ccnc3c(C#N)cnn23)c1. The van der Waals surface area contributed by atoms with Crippen molar-refractivity contribution in [3.05, 3.63) is 125 Å². The van der Waals surface area contributed by atoms with Gasteiger partial charge in [-0.15, -0.1) is 11.3 Å². The third kappa shape index (κ3) is 6.50. The normalized spacial score (nSPS) is 10.7. The van der Waals surface area contributed by atoms with E-state index in [-0.39, 0.29) is 17.6 Å². The summed E-state index contributed by atoms with van der Waals surface area (Å²) in [5.74, 6) is -0.0640. The van der Waals surface area contributed by atoms with Gasteiger partial charge in [-0.1, -0.05) is 36.4 Å². The van der Waals surface area contributed by atoms with Crippen molar-refractivity contribution >= 4 is 51.5 Å². The zero-order chi connectivity index (χ0) is 35.4. The van der Waals surface area contributed by atoms with Crippen LogP contribution in [0.2, 0.25) is 0 Å². The van der Waals surface area contributed by atoms with Gasteiger partial charge >= 0.3 is 0 Å². The monoisotopic (exact) mass is 680 g/mol. The summed E-state index contributed by atoms with van der Waals surface area (Å²) in [6.07, 6.45) is 4.78. The number of nitrogens with zero attached hydrogens (tertiary/aromatic N) is 8. The highest BCUT2D eigenvalue weighted by atomic mass is 32.1. The largest absolute Gasteiger partial charge is 0.316 e. The Bertz CT molecular complexity index is 2400. The second-order valence-corrected chi connectivity index (χ2v) is 12.2. The van der Waals surface area contributed by atoms with E-state index in [4.69, 9.17) is 5.26 Å². The van der Waals surface area contributed by atoms with E-state index >= 15 is 0 Å². The minimum Gasteiger partial charge on any atom is -0.316 e. The van der Waals surface area contributed by atoms with Gasteiger partial charge in [0.1, 0.15) is 11.6 Å². The molecule has 12 heteroatoms. The molecule has 0 bridgehead atoms. The molecule has 5 aromatic heterocycles. The lowest BCUT2D eigenvalue weighted by Gasteiger charge is -2.19. The number of thiophene rings is 1. The van der Waals surface area contributed by atoms with Crippen LogP contribution in [-0.4, -0.2) is 55.4 Å². The Morgan fingerprint density at radius 1 is 0.820 bits per heavy atom. The van der Waals surface area contributed by atoms with Crippen LogP contribution in [0.3, 0.4) is 0 Å². The Balaban J connectivity index is 0.000000175. The molecule has 0 aliphatic heterocycles. The Morgan fingerprint density at radius 2 is 1.50 bits per heavy atom. The number of carbonyl (C=O) groups is 3. The molecule has 7 rings (SSSR count). The van der Waals surface area contributed by atoms with Crippen molar-refractivity contribution in [3.8, 4) is 28.6 Å². The number of aromatic nitrogens is 5. The molecule has 2 amide bonds. The first-order valence-corrected chi connectivity index (χ1v) is 16.6. The predicted octanol–water partition coefficient (Wildman–Crippen LogP) is 6.92. The highest BCUT2D eigenvalue weighted by Gasteiger charge is 2.18. The van der Waals surface area contributed by atoms with Crippen LogP contribution in [0.1, 0.15) is 41.6 Å². The van der Waals surface area contributed by atoms with Crippen LogP contribution in [-0.2, 0) is 9.59 Å². The van der Waals surface area contributed by atoms with Crippen molar-refractivity contribution in [3.63, 3.8) is 0 Å². The quantitative estimate of drug-likeness (QED) is 0.167. The lowest BCUT2D eigenvalue weighted by atomic mass is 10.1. The number of hydrogen-bond donors (Lipinski definition) is 0. The molecular weight excluding hydrogens is 649 g/mol. The summed E-state index contributed by atoms with van der Waals surface area (Å²) in [7, 11) is 1.74. The molecule has 0 fully saturated rings. The number of ketones is 1. The van der Waals surface area contributed by atoms with Gasteiger partial charge in [0.2, 0.25) is 17.6 Å². The topological polar surface area (TPSA) is 129 Å². The van der Waals surface area contributed by atoms with Crippen LogP contribution >= 0.6 is 11.3 Å².